The lowest BCUT2D eigenvalue weighted by molar-refractivity contribution is -0.136. The number of amides is 3. The van der Waals surface area contributed by atoms with Crippen LogP contribution in [0.25, 0.3) is 11.4 Å². The van der Waals surface area contributed by atoms with Gasteiger partial charge in [-0.1, -0.05) is 12.1 Å². The minimum atomic E-state index is -0.111. The van der Waals surface area contributed by atoms with Crippen molar-refractivity contribution in [2.75, 3.05) is 25.0 Å². The van der Waals surface area contributed by atoms with Gasteiger partial charge in [-0.2, -0.15) is 0 Å². The van der Waals surface area contributed by atoms with Crippen molar-refractivity contribution in [3.63, 3.8) is 0 Å². The number of nitrogens with one attached hydrogen (secondary N) is 1. The molecule has 154 valence electrons. The first-order chi connectivity index (χ1) is 14.2. The summed E-state index contributed by atoms with van der Waals surface area (Å²) in [6, 6.07) is 7.71. The van der Waals surface area contributed by atoms with Crippen LogP contribution in [-0.4, -0.2) is 67.6 Å². The number of urea groups is 1. The molecule has 1 aromatic carbocycles. The lowest BCUT2D eigenvalue weighted by atomic mass is 10.00. The predicted molar refractivity (Wildman–Crippen MR) is 108 cm³/mol. The van der Waals surface area contributed by atoms with E-state index in [0.29, 0.717) is 37.6 Å². The fraction of sp³-hybridized carbons (Fsp3) is 0.550. The van der Waals surface area contributed by atoms with Crippen molar-refractivity contribution >= 4 is 17.6 Å². The molecule has 0 saturated carbocycles. The van der Waals surface area contributed by atoms with Crippen molar-refractivity contribution in [3.05, 3.63) is 24.3 Å². The quantitative estimate of drug-likeness (QED) is 0.854. The fourth-order valence-electron chi connectivity index (χ4n) is 4.16. The first kappa shape index (κ1) is 19.4. The van der Waals surface area contributed by atoms with Crippen LogP contribution >= 0.6 is 0 Å². The third-order valence-electron chi connectivity index (χ3n) is 5.76. The molecule has 2 aliphatic heterocycles. The smallest absolute Gasteiger partial charge is 0.321 e. The zero-order valence-electron chi connectivity index (χ0n) is 16.8. The van der Waals surface area contributed by atoms with Crippen molar-refractivity contribution < 1.29 is 9.59 Å². The van der Waals surface area contributed by atoms with E-state index in [1.165, 1.54) is 0 Å². The van der Waals surface area contributed by atoms with Gasteiger partial charge >= 0.3 is 6.03 Å². The third-order valence-corrected chi connectivity index (χ3v) is 5.76. The first-order valence-corrected chi connectivity index (χ1v) is 10.4. The Balaban J connectivity index is 1.36. The zero-order valence-corrected chi connectivity index (χ0v) is 16.8. The van der Waals surface area contributed by atoms with Gasteiger partial charge < -0.3 is 15.1 Å². The maximum atomic E-state index is 12.7. The molecule has 2 saturated heterocycles. The number of tetrazole rings is 1. The number of aryl methyl sites for hydroxylation is 1. The Morgan fingerprint density at radius 2 is 2.03 bits per heavy atom. The third kappa shape index (κ3) is 4.23. The normalized spacial score (nSPS) is 18.2. The van der Waals surface area contributed by atoms with Gasteiger partial charge in [0.1, 0.15) is 0 Å². The molecule has 3 heterocycles. The SMILES string of the molecule is CCn1nnnc1-c1cccc(NC(=O)N2CCC(N3CCCCC3=O)CC2)c1. The number of piperidine rings is 2. The molecule has 4 rings (SSSR count). The molecule has 1 N–H and O–H groups in total. The van der Waals surface area contributed by atoms with Crippen LogP contribution in [0.2, 0.25) is 0 Å². The van der Waals surface area contributed by atoms with E-state index < -0.39 is 0 Å². The number of hydrogen-bond acceptors (Lipinski definition) is 5. The predicted octanol–water partition coefficient (Wildman–Crippen LogP) is 2.37. The maximum absolute atomic E-state index is 12.7. The van der Waals surface area contributed by atoms with E-state index in [9.17, 15) is 9.59 Å². The van der Waals surface area contributed by atoms with Crippen LogP contribution in [0.1, 0.15) is 39.0 Å². The van der Waals surface area contributed by atoms with Gasteiger partial charge in [0, 0.05) is 49.9 Å². The first-order valence-electron chi connectivity index (χ1n) is 10.4. The van der Waals surface area contributed by atoms with Crippen LogP contribution < -0.4 is 5.32 Å². The summed E-state index contributed by atoms with van der Waals surface area (Å²) >= 11 is 0. The van der Waals surface area contributed by atoms with Crippen LogP contribution in [0.3, 0.4) is 0 Å². The maximum Gasteiger partial charge on any atom is 0.321 e. The highest BCUT2D eigenvalue weighted by atomic mass is 16.2. The van der Waals surface area contributed by atoms with E-state index >= 15 is 0 Å². The van der Waals surface area contributed by atoms with E-state index in [0.717, 1.165) is 37.8 Å². The standard InChI is InChI=1S/C20H27N7O2/c1-2-27-19(22-23-24-27)15-6-5-7-16(14-15)21-20(29)25-12-9-17(10-13-25)26-11-4-3-8-18(26)28/h5-7,14,17H,2-4,8-13H2,1H3,(H,21,29). The van der Waals surface area contributed by atoms with E-state index in [1.54, 1.807) is 4.68 Å². The van der Waals surface area contributed by atoms with Gasteiger partial charge in [0.05, 0.1) is 0 Å². The number of carbonyl (C=O) groups is 2. The molecule has 2 fully saturated rings. The summed E-state index contributed by atoms with van der Waals surface area (Å²) < 4.78 is 1.72. The average Bonchev–Trinajstić information content (AvgIpc) is 3.23. The molecule has 0 radical (unpaired) electrons. The second-order valence-corrected chi connectivity index (χ2v) is 7.59. The molecule has 3 amide bonds. The monoisotopic (exact) mass is 397 g/mol. The van der Waals surface area contributed by atoms with E-state index in [1.807, 2.05) is 41.0 Å². The molecule has 29 heavy (non-hydrogen) atoms. The van der Waals surface area contributed by atoms with Crippen LogP contribution in [-0.2, 0) is 11.3 Å². The molecular formula is C20H27N7O2. The molecule has 2 aromatic rings. The largest absolute Gasteiger partial charge is 0.340 e. The Hall–Kier alpha value is -2.97. The second-order valence-electron chi connectivity index (χ2n) is 7.59. The Labute approximate surface area is 170 Å². The van der Waals surface area contributed by atoms with Gasteiger partial charge in [0.25, 0.3) is 0 Å². The molecule has 2 aliphatic rings. The minimum Gasteiger partial charge on any atom is -0.340 e. The highest BCUT2D eigenvalue weighted by Crippen LogP contribution is 2.23. The molecule has 9 heteroatoms. The fourth-order valence-corrected chi connectivity index (χ4v) is 4.16. The minimum absolute atomic E-state index is 0.111. The number of hydrogen-bond donors (Lipinski definition) is 1. The molecule has 1 aromatic heterocycles. The molecule has 0 unspecified atom stereocenters. The number of rotatable bonds is 4. The number of likely N-dealkylation sites (tertiary alicyclic amines) is 2. The highest BCUT2D eigenvalue weighted by molar-refractivity contribution is 5.90. The van der Waals surface area contributed by atoms with Crippen molar-refractivity contribution in [2.45, 2.75) is 51.6 Å². The van der Waals surface area contributed by atoms with Crippen molar-refractivity contribution in [2.24, 2.45) is 0 Å². The Morgan fingerprint density at radius 3 is 2.79 bits per heavy atom. The molecule has 0 bridgehead atoms. The Morgan fingerprint density at radius 1 is 1.21 bits per heavy atom. The highest BCUT2D eigenvalue weighted by Gasteiger charge is 2.30. The molecule has 0 spiro atoms. The summed E-state index contributed by atoms with van der Waals surface area (Å²) in [5, 5.41) is 14.7. The summed E-state index contributed by atoms with van der Waals surface area (Å²) in [5.74, 6) is 0.945. The molecule has 0 atom stereocenters. The van der Waals surface area contributed by atoms with E-state index in [-0.39, 0.29) is 18.0 Å². The van der Waals surface area contributed by atoms with Crippen molar-refractivity contribution in [1.82, 2.24) is 30.0 Å². The van der Waals surface area contributed by atoms with Crippen LogP contribution in [0.15, 0.2) is 24.3 Å². The summed E-state index contributed by atoms with van der Waals surface area (Å²) in [6.45, 7) is 4.84. The van der Waals surface area contributed by atoms with Crippen molar-refractivity contribution in [1.29, 1.82) is 0 Å². The molecule has 0 aliphatic carbocycles. The lowest BCUT2D eigenvalue weighted by Crippen LogP contribution is -2.50. The van der Waals surface area contributed by atoms with Gasteiger partial charge in [-0.05, 0) is 55.2 Å². The molecular weight excluding hydrogens is 370 g/mol. The van der Waals surface area contributed by atoms with E-state index in [4.69, 9.17) is 0 Å². The van der Waals surface area contributed by atoms with Crippen LogP contribution in [0, 0.1) is 0 Å². The van der Waals surface area contributed by atoms with Crippen LogP contribution in [0.5, 0.6) is 0 Å². The number of nitrogens with zero attached hydrogens (tertiary/aromatic N) is 6. The van der Waals surface area contributed by atoms with Gasteiger partial charge in [0.2, 0.25) is 5.91 Å². The Bertz CT molecular complexity index is 873. The molecule has 9 nitrogen and oxygen atoms in total. The van der Waals surface area contributed by atoms with Gasteiger partial charge in [-0.3, -0.25) is 4.79 Å². The zero-order chi connectivity index (χ0) is 20.2. The van der Waals surface area contributed by atoms with E-state index in [2.05, 4.69) is 20.8 Å². The number of aromatic nitrogens is 4. The number of carbonyl (C=O) groups excluding carboxylic acids is 2. The van der Waals surface area contributed by atoms with Gasteiger partial charge in [-0.15, -0.1) is 5.10 Å². The number of anilines is 1. The summed E-state index contributed by atoms with van der Waals surface area (Å²) in [6.07, 6.45) is 4.43. The topological polar surface area (TPSA) is 96.2 Å². The lowest BCUT2D eigenvalue weighted by Gasteiger charge is -2.40. The summed E-state index contributed by atoms with van der Waals surface area (Å²) in [4.78, 5) is 28.7. The average molecular weight is 397 g/mol. The second kappa shape index (κ2) is 8.59. The summed E-state index contributed by atoms with van der Waals surface area (Å²) in [5.41, 5.74) is 1.57. The summed E-state index contributed by atoms with van der Waals surface area (Å²) in [7, 11) is 0. The Kier molecular flexibility index (Phi) is 5.73. The van der Waals surface area contributed by atoms with Crippen molar-refractivity contribution in [3.8, 4) is 11.4 Å². The van der Waals surface area contributed by atoms with Gasteiger partial charge in [-0.25, -0.2) is 9.48 Å². The van der Waals surface area contributed by atoms with Crippen LogP contribution in [0.4, 0.5) is 10.5 Å². The van der Waals surface area contributed by atoms with Gasteiger partial charge in [0.15, 0.2) is 5.82 Å². The number of benzene rings is 1.